The highest BCUT2D eigenvalue weighted by atomic mass is 16.6. The van der Waals surface area contributed by atoms with Gasteiger partial charge in [-0.2, -0.15) is 0 Å². The molecule has 0 radical (unpaired) electrons. The summed E-state index contributed by atoms with van der Waals surface area (Å²) in [4.78, 5) is 32.8. The third-order valence-electron chi connectivity index (χ3n) is 2.38. The largest absolute Gasteiger partial charge is 0.331 e. The number of amides is 2. The van der Waals surface area contributed by atoms with Gasteiger partial charge < -0.3 is 10.6 Å². The number of anilines is 1. The van der Waals surface area contributed by atoms with Crippen LogP contribution in [0.2, 0.25) is 0 Å². The number of Topliss-reactive ketones (excluding diaryl/α,β-unsaturated/α-hetero) is 1. The van der Waals surface area contributed by atoms with Crippen molar-refractivity contribution in [3.8, 4) is 0 Å². The molecule has 0 heterocycles. The molecule has 2 N–H and O–H groups in total. The molecule has 0 saturated heterocycles. The van der Waals surface area contributed by atoms with Gasteiger partial charge in [-0.3, -0.25) is 14.9 Å². The Labute approximate surface area is 110 Å². The van der Waals surface area contributed by atoms with Gasteiger partial charge in [0.25, 0.3) is 5.69 Å². The van der Waals surface area contributed by atoms with E-state index in [4.69, 9.17) is 0 Å². The van der Waals surface area contributed by atoms with Crippen LogP contribution in [-0.4, -0.2) is 23.3 Å². The average molecular weight is 265 g/mol. The van der Waals surface area contributed by atoms with Crippen LogP contribution in [0.15, 0.2) is 24.3 Å². The van der Waals surface area contributed by atoms with Crippen molar-refractivity contribution in [3.63, 3.8) is 0 Å². The number of ketones is 1. The summed E-state index contributed by atoms with van der Waals surface area (Å²) in [7, 11) is 0. The molecule has 7 nitrogen and oxygen atoms in total. The van der Waals surface area contributed by atoms with Crippen LogP contribution in [0.1, 0.15) is 13.8 Å². The van der Waals surface area contributed by atoms with Gasteiger partial charge in [0, 0.05) is 23.7 Å². The molecule has 7 heteroatoms. The normalized spacial score (nSPS) is 10.1. The number of carbonyl (C=O) groups is 2. The monoisotopic (exact) mass is 265 g/mol. The van der Waals surface area contributed by atoms with E-state index in [-0.39, 0.29) is 23.9 Å². The number of carbonyl (C=O) groups excluding carboxylic acids is 2. The maximum absolute atomic E-state index is 11.5. The first-order chi connectivity index (χ1) is 8.90. The number of nitro benzene ring substituents is 1. The third-order valence-corrected chi connectivity index (χ3v) is 2.38. The number of hydrogen-bond donors (Lipinski definition) is 2. The number of urea groups is 1. The van der Waals surface area contributed by atoms with Gasteiger partial charge in [0.1, 0.15) is 0 Å². The van der Waals surface area contributed by atoms with Crippen LogP contribution in [0.5, 0.6) is 0 Å². The maximum Gasteiger partial charge on any atom is 0.319 e. The molecule has 0 atom stereocenters. The molecule has 0 aromatic heterocycles. The van der Waals surface area contributed by atoms with Crippen LogP contribution >= 0.6 is 0 Å². The standard InChI is InChI=1S/C12H15N3O4/c1-8(2)11(16)7-13-12(17)14-9-4-3-5-10(6-9)15(18)19/h3-6,8H,7H2,1-2H3,(H2,13,14,17). The highest BCUT2D eigenvalue weighted by Crippen LogP contribution is 2.16. The fraction of sp³-hybridized carbons (Fsp3) is 0.333. The summed E-state index contributed by atoms with van der Waals surface area (Å²) in [5, 5.41) is 15.4. The number of nitrogens with one attached hydrogen (secondary N) is 2. The molecule has 0 spiro atoms. The summed E-state index contributed by atoms with van der Waals surface area (Å²) < 4.78 is 0. The SMILES string of the molecule is CC(C)C(=O)CNC(=O)Nc1cccc([N+](=O)[O-])c1. The lowest BCUT2D eigenvalue weighted by atomic mass is 10.1. The van der Waals surface area contributed by atoms with E-state index < -0.39 is 11.0 Å². The molecule has 1 aromatic rings. The molecule has 0 saturated carbocycles. The van der Waals surface area contributed by atoms with Crippen molar-refractivity contribution in [1.82, 2.24) is 5.32 Å². The molecule has 0 fully saturated rings. The number of rotatable bonds is 5. The molecule has 0 unspecified atom stereocenters. The quantitative estimate of drug-likeness (QED) is 0.627. The summed E-state index contributed by atoms with van der Waals surface area (Å²) in [5.41, 5.74) is 0.180. The first-order valence-corrected chi connectivity index (χ1v) is 5.72. The van der Waals surface area contributed by atoms with Crippen LogP contribution in [-0.2, 0) is 4.79 Å². The Morgan fingerprint density at radius 1 is 1.37 bits per heavy atom. The van der Waals surface area contributed by atoms with Crippen molar-refractivity contribution in [1.29, 1.82) is 0 Å². The van der Waals surface area contributed by atoms with E-state index in [1.54, 1.807) is 13.8 Å². The molecule has 0 aliphatic heterocycles. The van der Waals surface area contributed by atoms with E-state index in [1.165, 1.54) is 24.3 Å². The zero-order valence-corrected chi connectivity index (χ0v) is 10.7. The van der Waals surface area contributed by atoms with Crippen LogP contribution in [0.4, 0.5) is 16.2 Å². The van der Waals surface area contributed by atoms with Crippen LogP contribution in [0.3, 0.4) is 0 Å². The van der Waals surface area contributed by atoms with E-state index in [0.29, 0.717) is 5.69 Å². The molecular formula is C12H15N3O4. The number of benzene rings is 1. The maximum atomic E-state index is 11.5. The van der Waals surface area contributed by atoms with Gasteiger partial charge in [-0.1, -0.05) is 19.9 Å². The second-order valence-electron chi connectivity index (χ2n) is 4.24. The topological polar surface area (TPSA) is 101 Å². The Morgan fingerprint density at radius 3 is 2.63 bits per heavy atom. The molecule has 0 aliphatic carbocycles. The zero-order valence-electron chi connectivity index (χ0n) is 10.7. The molecule has 0 bridgehead atoms. The van der Waals surface area contributed by atoms with Crippen LogP contribution in [0.25, 0.3) is 0 Å². The number of hydrogen-bond acceptors (Lipinski definition) is 4. The second-order valence-corrected chi connectivity index (χ2v) is 4.24. The second kappa shape index (κ2) is 6.48. The number of non-ortho nitro benzene ring substituents is 1. The van der Waals surface area contributed by atoms with Crippen molar-refractivity contribution < 1.29 is 14.5 Å². The summed E-state index contributed by atoms with van der Waals surface area (Å²) >= 11 is 0. The lowest BCUT2D eigenvalue weighted by Gasteiger charge is -2.08. The Morgan fingerprint density at radius 2 is 2.05 bits per heavy atom. The Bertz CT molecular complexity index is 500. The van der Waals surface area contributed by atoms with Gasteiger partial charge in [-0.15, -0.1) is 0 Å². The lowest BCUT2D eigenvalue weighted by Crippen LogP contribution is -2.34. The van der Waals surface area contributed by atoms with E-state index in [0.717, 1.165) is 0 Å². The van der Waals surface area contributed by atoms with Crippen molar-refractivity contribution in [3.05, 3.63) is 34.4 Å². The molecular weight excluding hydrogens is 250 g/mol. The van der Waals surface area contributed by atoms with Crippen LogP contribution < -0.4 is 10.6 Å². The molecule has 102 valence electrons. The summed E-state index contributed by atoms with van der Waals surface area (Å²) in [6.07, 6.45) is 0. The van der Waals surface area contributed by atoms with Gasteiger partial charge in [0.2, 0.25) is 0 Å². The third kappa shape index (κ3) is 4.74. The Hall–Kier alpha value is -2.44. The fourth-order valence-electron chi connectivity index (χ4n) is 1.24. The van der Waals surface area contributed by atoms with E-state index in [1.807, 2.05) is 0 Å². The fourth-order valence-corrected chi connectivity index (χ4v) is 1.24. The van der Waals surface area contributed by atoms with Crippen LogP contribution in [0, 0.1) is 16.0 Å². The highest BCUT2D eigenvalue weighted by Gasteiger charge is 2.10. The Kier molecular flexibility index (Phi) is 4.99. The minimum atomic E-state index is -0.575. The van der Waals surface area contributed by atoms with Crippen molar-refractivity contribution in [2.75, 3.05) is 11.9 Å². The number of nitro groups is 1. The first kappa shape index (κ1) is 14.6. The van der Waals surface area contributed by atoms with Gasteiger partial charge in [-0.05, 0) is 6.07 Å². The number of nitrogens with zero attached hydrogens (tertiary/aromatic N) is 1. The Balaban J connectivity index is 2.55. The molecule has 1 rings (SSSR count). The zero-order chi connectivity index (χ0) is 14.4. The summed E-state index contributed by atoms with van der Waals surface area (Å²) in [5.74, 6) is -0.243. The van der Waals surface area contributed by atoms with Crippen molar-refractivity contribution in [2.45, 2.75) is 13.8 Å². The molecule has 2 amide bonds. The highest BCUT2D eigenvalue weighted by molar-refractivity contribution is 5.93. The van der Waals surface area contributed by atoms with E-state index >= 15 is 0 Å². The van der Waals surface area contributed by atoms with Gasteiger partial charge in [0.05, 0.1) is 11.5 Å². The first-order valence-electron chi connectivity index (χ1n) is 5.72. The average Bonchev–Trinajstić information content (AvgIpc) is 2.36. The summed E-state index contributed by atoms with van der Waals surface area (Å²) in [6.45, 7) is 3.41. The van der Waals surface area contributed by atoms with Crippen molar-refractivity contribution in [2.24, 2.45) is 5.92 Å². The predicted molar refractivity (Wildman–Crippen MR) is 70.0 cm³/mol. The van der Waals surface area contributed by atoms with Gasteiger partial charge in [-0.25, -0.2) is 4.79 Å². The van der Waals surface area contributed by atoms with Gasteiger partial charge in [0.15, 0.2) is 5.78 Å². The molecule has 19 heavy (non-hydrogen) atoms. The predicted octanol–water partition coefficient (Wildman–Crippen LogP) is 1.94. The smallest absolute Gasteiger partial charge is 0.319 e. The van der Waals surface area contributed by atoms with E-state index in [9.17, 15) is 19.7 Å². The molecule has 0 aliphatic rings. The molecule has 1 aromatic carbocycles. The summed E-state index contributed by atoms with van der Waals surface area (Å²) in [6, 6.07) is 4.98. The van der Waals surface area contributed by atoms with Crippen molar-refractivity contribution >= 4 is 23.2 Å². The minimum absolute atomic E-state index is 0.0710. The van der Waals surface area contributed by atoms with E-state index in [2.05, 4.69) is 10.6 Å². The van der Waals surface area contributed by atoms with Gasteiger partial charge >= 0.3 is 6.03 Å². The minimum Gasteiger partial charge on any atom is -0.331 e. The lowest BCUT2D eigenvalue weighted by molar-refractivity contribution is -0.384.